The number of furan rings is 1. The van der Waals surface area contributed by atoms with Crippen LogP contribution < -0.4 is 10.6 Å². The van der Waals surface area contributed by atoms with Crippen LogP contribution in [0.25, 0.3) is 0 Å². The summed E-state index contributed by atoms with van der Waals surface area (Å²) in [5, 5.41) is 7.00. The number of nitrogens with zero attached hydrogens (tertiary/aromatic N) is 1. The average Bonchev–Trinajstić information content (AvgIpc) is 3.12. The van der Waals surface area contributed by atoms with E-state index in [4.69, 9.17) is 14.1 Å². The topological polar surface area (TPSA) is 58.8 Å². The molecular weight excluding hydrogens is 497 g/mol. The molecule has 1 unspecified atom stereocenters. The van der Waals surface area contributed by atoms with Crippen LogP contribution in [-0.4, -0.2) is 43.6 Å². The zero-order valence-electron chi connectivity index (χ0n) is 16.6. The summed E-state index contributed by atoms with van der Waals surface area (Å²) in [5.74, 6) is 2.47. The lowest BCUT2D eigenvalue weighted by Crippen LogP contribution is -2.41. The normalized spacial score (nSPS) is 20.1. The molecule has 1 atom stereocenters. The van der Waals surface area contributed by atoms with Crippen molar-refractivity contribution in [3.05, 3.63) is 54.5 Å². The van der Waals surface area contributed by atoms with E-state index >= 15 is 0 Å². The Balaban J connectivity index is 0.00000240. The maximum Gasteiger partial charge on any atom is 0.191 e. The summed E-state index contributed by atoms with van der Waals surface area (Å²) in [6.45, 7) is 4.27. The first-order chi connectivity index (χ1) is 13.8. The van der Waals surface area contributed by atoms with Gasteiger partial charge >= 0.3 is 0 Å². The Hall–Kier alpha value is -1.19. The van der Waals surface area contributed by atoms with Gasteiger partial charge in [0, 0.05) is 41.7 Å². The van der Waals surface area contributed by atoms with Crippen LogP contribution in [0.15, 0.2) is 63.0 Å². The third kappa shape index (κ3) is 7.22. The molecule has 2 fully saturated rings. The van der Waals surface area contributed by atoms with Crippen LogP contribution in [0.2, 0.25) is 0 Å². The lowest BCUT2D eigenvalue weighted by Gasteiger charge is -2.17. The van der Waals surface area contributed by atoms with Crippen molar-refractivity contribution < 1.29 is 9.15 Å². The van der Waals surface area contributed by atoms with Crippen LogP contribution in [0.4, 0.5) is 0 Å². The first-order valence-electron chi connectivity index (χ1n) is 10.2. The fourth-order valence-electron chi connectivity index (χ4n) is 3.31. The summed E-state index contributed by atoms with van der Waals surface area (Å²) in [5.41, 5.74) is 0. The summed E-state index contributed by atoms with van der Waals surface area (Å²) in [6.07, 6.45) is 6.16. The predicted molar refractivity (Wildman–Crippen MR) is 129 cm³/mol. The summed E-state index contributed by atoms with van der Waals surface area (Å²) in [7, 11) is 0. The number of hydrogen-bond acceptors (Lipinski definition) is 4. The van der Waals surface area contributed by atoms with E-state index in [1.54, 1.807) is 6.26 Å². The van der Waals surface area contributed by atoms with Crippen LogP contribution in [0.5, 0.6) is 0 Å². The third-order valence-electron chi connectivity index (χ3n) is 5.24. The molecule has 2 heterocycles. The van der Waals surface area contributed by atoms with Gasteiger partial charge < -0.3 is 19.8 Å². The van der Waals surface area contributed by atoms with Gasteiger partial charge in [-0.15, -0.1) is 35.7 Å². The van der Waals surface area contributed by atoms with Gasteiger partial charge in [0.2, 0.25) is 0 Å². The van der Waals surface area contributed by atoms with Gasteiger partial charge in [0.25, 0.3) is 0 Å². The van der Waals surface area contributed by atoms with Crippen molar-refractivity contribution in [1.29, 1.82) is 0 Å². The zero-order chi connectivity index (χ0) is 19.1. The number of guanidine groups is 1. The molecule has 1 aliphatic heterocycles. The van der Waals surface area contributed by atoms with Crippen molar-refractivity contribution >= 4 is 41.7 Å². The quantitative estimate of drug-likeness (QED) is 0.289. The molecule has 1 aromatic heterocycles. The second-order valence-electron chi connectivity index (χ2n) is 7.63. The van der Waals surface area contributed by atoms with Gasteiger partial charge in [0.05, 0.1) is 19.4 Å². The number of halogens is 1. The molecule has 1 aromatic carbocycles. The molecule has 0 amide bonds. The van der Waals surface area contributed by atoms with Crippen molar-refractivity contribution in [3.63, 3.8) is 0 Å². The third-order valence-corrected chi connectivity index (χ3v) is 6.71. The molecule has 0 radical (unpaired) electrons. The van der Waals surface area contributed by atoms with E-state index in [0.29, 0.717) is 5.92 Å². The lowest BCUT2D eigenvalue weighted by atomic mass is 10.1. The van der Waals surface area contributed by atoms with Crippen molar-refractivity contribution in [1.82, 2.24) is 10.6 Å². The molecule has 29 heavy (non-hydrogen) atoms. The van der Waals surface area contributed by atoms with Gasteiger partial charge in [-0.05, 0) is 43.5 Å². The standard InChI is InChI=1S/C22H29N3O2S.HI/c1-2-6-20(7-3-1)28-22(10-11-22)17-25-21(24-15-18-9-14-26-16-18)23-12-8-19-5-4-13-27-19;/h1-7,13,18H,8-12,14-17H2,(H2,23,24,25);1H. The van der Waals surface area contributed by atoms with Gasteiger partial charge in [-0.1, -0.05) is 18.2 Å². The molecule has 2 aromatic rings. The molecule has 2 aliphatic rings. The monoisotopic (exact) mass is 527 g/mol. The van der Waals surface area contributed by atoms with E-state index in [1.165, 1.54) is 17.7 Å². The van der Waals surface area contributed by atoms with E-state index in [2.05, 4.69) is 41.0 Å². The second-order valence-corrected chi connectivity index (χ2v) is 9.17. The average molecular weight is 527 g/mol. The number of benzene rings is 1. The van der Waals surface area contributed by atoms with Gasteiger partial charge in [-0.25, -0.2) is 0 Å². The van der Waals surface area contributed by atoms with E-state index in [0.717, 1.165) is 57.4 Å². The Labute approximate surface area is 194 Å². The SMILES string of the molecule is I.c1ccc(SC2(CN=C(NCCc3ccco3)NCC3CCOC3)CC2)cc1. The number of ether oxygens (including phenoxy) is 1. The maximum absolute atomic E-state index is 5.49. The second kappa shape index (κ2) is 11.3. The van der Waals surface area contributed by atoms with Gasteiger partial charge in [-0.2, -0.15) is 0 Å². The number of rotatable bonds is 9. The molecule has 7 heteroatoms. The molecule has 0 spiro atoms. The van der Waals surface area contributed by atoms with Gasteiger partial charge in [0.1, 0.15) is 5.76 Å². The fraction of sp³-hybridized carbons (Fsp3) is 0.500. The van der Waals surface area contributed by atoms with Crippen LogP contribution in [0, 0.1) is 5.92 Å². The van der Waals surface area contributed by atoms with Crippen LogP contribution >= 0.6 is 35.7 Å². The van der Waals surface area contributed by atoms with Crippen molar-refractivity contribution in [3.8, 4) is 0 Å². The van der Waals surface area contributed by atoms with E-state index in [1.807, 2.05) is 23.9 Å². The van der Waals surface area contributed by atoms with Crippen LogP contribution in [-0.2, 0) is 11.2 Å². The highest BCUT2D eigenvalue weighted by molar-refractivity contribution is 14.0. The summed E-state index contributed by atoms with van der Waals surface area (Å²) < 4.78 is 11.2. The first-order valence-corrected chi connectivity index (χ1v) is 11.0. The number of aliphatic imine (C=N–C) groups is 1. The van der Waals surface area contributed by atoms with Gasteiger partial charge in [0.15, 0.2) is 5.96 Å². The fourth-order valence-corrected chi connectivity index (χ4v) is 4.54. The molecule has 4 rings (SSSR count). The zero-order valence-corrected chi connectivity index (χ0v) is 19.8. The Kier molecular flexibility index (Phi) is 8.74. The number of nitrogens with one attached hydrogen (secondary N) is 2. The summed E-state index contributed by atoms with van der Waals surface area (Å²) in [4.78, 5) is 6.27. The number of hydrogen-bond donors (Lipinski definition) is 2. The minimum absolute atomic E-state index is 0. The Bertz CT molecular complexity index is 745. The molecule has 1 aliphatic carbocycles. The predicted octanol–water partition coefficient (Wildman–Crippen LogP) is 4.34. The van der Waals surface area contributed by atoms with Crippen LogP contribution in [0.1, 0.15) is 25.0 Å². The Morgan fingerprint density at radius 1 is 1.14 bits per heavy atom. The molecule has 1 saturated carbocycles. The van der Waals surface area contributed by atoms with E-state index in [9.17, 15) is 0 Å². The highest BCUT2D eigenvalue weighted by Gasteiger charge is 2.43. The molecule has 1 saturated heterocycles. The summed E-state index contributed by atoms with van der Waals surface area (Å²) in [6, 6.07) is 14.6. The maximum atomic E-state index is 5.49. The largest absolute Gasteiger partial charge is 0.469 e. The van der Waals surface area contributed by atoms with Crippen molar-refractivity contribution in [2.75, 3.05) is 32.8 Å². The first kappa shape index (κ1) is 22.5. The summed E-state index contributed by atoms with van der Waals surface area (Å²) >= 11 is 1.97. The van der Waals surface area contributed by atoms with Crippen molar-refractivity contribution in [2.24, 2.45) is 10.9 Å². The van der Waals surface area contributed by atoms with E-state index in [-0.39, 0.29) is 28.7 Å². The van der Waals surface area contributed by atoms with Crippen LogP contribution in [0.3, 0.4) is 0 Å². The van der Waals surface area contributed by atoms with Gasteiger partial charge in [-0.3, -0.25) is 4.99 Å². The van der Waals surface area contributed by atoms with Crippen molar-refractivity contribution in [2.45, 2.75) is 35.3 Å². The Morgan fingerprint density at radius 3 is 2.69 bits per heavy atom. The number of thioether (sulfide) groups is 1. The highest BCUT2D eigenvalue weighted by atomic mass is 127. The highest BCUT2D eigenvalue weighted by Crippen LogP contribution is 2.51. The molecule has 5 nitrogen and oxygen atoms in total. The molecule has 0 bridgehead atoms. The smallest absolute Gasteiger partial charge is 0.191 e. The Morgan fingerprint density at radius 2 is 2.00 bits per heavy atom. The molecular formula is C22H30IN3O2S. The van der Waals surface area contributed by atoms with E-state index < -0.39 is 0 Å². The minimum atomic E-state index is 0. The molecule has 158 valence electrons. The molecule has 2 N–H and O–H groups in total. The minimum Gasteiger partial charge on any atom is -0.469 e. The lowest BCUT2D eigenvalue weighted by molar-refractivity contribution is 0.186.